The van der Waals surface area contributed by atoms with E-state index in [9.17, 15) is 9.59 Å². The first-order chi connectivity index (χ1) is 18.5. The van der Waals surface area contributed by atoms with E-state index < -0.39 is 0 Å². The molecule has 4 aromatic carbocycles. The van der Waals surface area contributed by atoms with Gasteiger partial charge < -0.3 is 20.9 Å². The van der Waals surface area contributed by atoms with Gasteiger partial charge in [0.15, 0.2) is 0 Å². The van der Waals surface area contributed by atoms with E-state index >= 15 is 0 Å². The van der Waals surface area contributed by atoms with Gasteiger partial charge in [-0.3, -0.25) is 9.59 Å². The normalized spacial score (nSPS) is 18.1. The number of para-hydroxylation sites is 2. The zero-order valence-corrected chi connectivity index (χ0v) is 21.3. The minimum absolute atomic E-state index is 0.0554. The Morgan fingerprint density at radius 2 is 1.50 bits per heavy atom. The van der Waals surface area contributed by atoms with E-state index in [1.54, 1.807) is 24.3 Å². The van der Waals surface area contributed by atoms with Crippen molar-refractivity contribution in [1.29, 1.82) is 0 Å². The fraction of sp³-hybridized carbons (Fsp3) is 0.188. The maximum Gasteiger partial charge on any atom is 0.258 e. The van der Waals surface area contributed by atoms with E-state index in [0.717, 1.165) is 35.5 Å². The minimum atomic E-state index is -0.192. The number of rotatable bonds is 4. The Morgan fingerprint density at radius 3 is 2.26 bits per heavy atom. The highest BCUT2D eigenvalue weighted by Gasteiger charge is 2.39. The monoisotopic (exact) mass is 502 g/mol. The third kappa shape index (κ3) is 4.44. The second kappa shape index (κ2) is 9.80. The summed E-state index contributed by atoms with van der Waals surface area (Å²) in [6.07, 6.45) is 0.868. The summed E-state index contributed by atoms with van der Waals surface area (Å²) in [5, 5.41) is 2.99. The van der Waals surface area contributed by atoms with Gasteiger partial charge in [0, 0.05) is 42.0 Å². The molecule has 6 heteroatoms. The Bertz CT molecular complexity index is 1500. The summed E-state index contributed by atoms with van der Waals surface area (Å²) in [5.41, 5.74) is 13.1. The van der Waals surface area contributed by atoms with E-state index in [1.807, 2.05) is 78.6 Å². The Balaban J connectivity index is 1.21. The average molecular weight is 503 g/mol. The van der Waals surface area contributed by atoms with Gasteiger partial charge in [0.05, 0.1) is 11.4 Å². The third-order valence-electron chi connectivity index (χ3n) is 7.49. The first-order valence-corrected chi connectivity index (χ1v) is 13.0. The van der Waals surface area contributed by atoms with E-state index in [4.69, 9.17) is 5.73 Å². The molecule has 6 nitrogen and oxygen atoms in total. The molecule has 6 rings (SSSR count). The fourth-order valence-corrected chi connectivity index (χ4v) is 5.57. The van der Waals surface area contributed by atoms with Crippen molar-refractivity contribution in [3.05, 3.63) is 114 Å². The van der Waals surface area contributed by atoms with Crippen LogP contribution in [-0.2, 0) is 0 Å². The third-order valence-corrected chi connectivity index (χ3v) is 7.49. The van der Waals surface area contributed by atoms with Gasteiger partial charge in [-0.15, -0.1) is 0 Å². The molecule has 4 aromatic rings. The van der Waals surface area contributed by atoms with Crippen LogP contribution in [0.25, 0.3) is 11.1 Å². The molecular weight excluding hydrogens is 472 g/mol. The van der Waals surface area contributed by atoms with Gasteiger partial charge in [-0.25, -0.2) is 0 Å². The van der Waals surface area contributed by atoms with Crippen molar-refractivity contribution < 1.29 is 9.59 Å². The second-order valence-corrected chi connectivity index (χ2v) is 10.1. The average Bonchev–Trinajstić information content (AvgIpc) is 3.33. The molecule has 2 aliphatic rings. The molecule has 2 atom stereocenters. The Kier molecular flexibility index (Phi) is 6.18. The Morgan fingerprint density at radius 1 is 0.816 bits per heavy atom. The quantitative estimate of drug-likeness (QED) is 0.387. The number of fused-ring (bicyclic) bond motifs is 3. The number of nitrogens with one attached hydrogen (secondary N) is 1. The summed E-state index contributed by atoms with van der Waals surface area (Å²) in [7, 11) is 0. The lowest BCUT2D eigenvalue weighted by atomic mass is 9.98. The van der Waals surface area contributed by atoms with E-state index in [0.29, 0.717) is 23.4 Å². The molecule has 2 aliphatic heterocycles. The van der Waals surface area contributed by atoms with Crippen molar-refractivity contribution in [2.24, 2.45) is 5.73 Å². The summed E-state index contributed by atoms with van der Waals surface area (Å²) >= 11 is 0. The van der Waals surface area contributed by atoms with E-state index in [-0.39, 0.29) is 23.9 Å². The topological polar surface area (TPSA) is 78.7 Å². The molecule has 1 unspecified atom stereocenters. The zero-order chi connectivity index (χ0) is 26.2. The Hall–Kier alpha value is -4.42. The summed E-state index contributed by atoms with van der Waals surface area (Å²) in [6.45, 7) is 3.46. The zero-order valence-electron chi connectivity index (χ0n) is 21.3. The maximum atomic E-state index is 13.6. The lowest BCUT2D eigenvalue weighted by Gasteiger charge is -2.40. The van der Waals surface area contributed by atoms with Crippen molar-refractivity contribution in [2.75, 3.05) is 28.2 Å². The molecule has 38 heavy (non-hydrogen) atoms. The van der Waals surface area contributed by atoms with Crippen molar-refractivity contribution in [3.63, 3.8) is 0 Å². The van der Waals surface area contributed by atoms with Crippen LogP contribution in [0.1, 0.15) is 32.7 Å². The number of nitrogens with zero attached hydrogens (tertiary/aromatic N) is 2. The van der Waals surface area contributed by atoms with Crippen LogP contribution in [0.15, 0.2) is 97.1 Å². The van der Waals surface area contributed by atoms with Gasteiger partial charge in [-0.2, -0.15) is 0 Å². The van der Waals surface area contributed by atoms with Crippen LogP contribution in [0, 0.1) is 6.92 Å². The molecule has 1 saturated heterocycles. The number of aryl methyl sites for hydroxylation is 1. The van der Waals surface area contributed by atoms with E-state index in [2.05, 4.69) is 16.3 Å². The van der Waals surface area contributed by atoms with Crippen molar-refractivity contribution in [2.45, 2.75) is 25.4 Å². The number of carbonyl (C=O) groups excluding carboxylic acids is 2. The number of anilines is 3. The largest absolute Gasteiger partial charge is 0.363 e. The van der Waals surface area contributed by atoms with Crippen LogP contribution in [0.2, 0.25) is 0 Å². The van der Waals surface area contributed by atoms with Crippen LogP contribution in [0.3, 0.4) is 0 Å². The molecule has 1 fully saturated rings. The SMILES string of the molecule is Cc1ccc(-c2ccccc2C(=O)Nc2ccc(C(=O)N3C[C@H]4CC(N)CN4c4ccccc43)cc2)cc1. The van der Waals surface area contributed by atoms with Gasteiger partial charge in [0.25, 0.3) is 11.8 Å². The Labute approximate surface area is 222 Å². The van der Waals surface area contributed by atoms with Crippen LogP contribution in [0.5, 0.6) is 0 Å². The van der Waals surface area contributed by atoms with E-state index in [1.165, 1.54) is 5.56 Å². The van der Waals surface area contributed by atoms with Crippen LogP contribution in [0.4, 0.5) is 17.1 Å². The second-order valence-electron chi connectivity index (χ2n) is 10.1. The molecule has 0 bridgehead atoms. The smallest absolute Gasteiger partial charge is 0.258 e. The molecule has 0 saturated carbocycles. The summed E-state index contributed by atoms with van der Waals surface area (Å²) in [6, 6.07) is 31.2. The molecule has 0 aliphatic carbocycles. The van der Waals surface area contributed by atoms with Gasteiger partial charge in [0.1, 0.15) is 0 Å². The van der Waals surface area contributed by atoms with Crippen LogP contribution in [-0.4, -0.2) is 37.0 Å². The van der Waals surface area contributed by atoms with Crippen molar-refractivity contribution in [3.8, 4) is 11.1 Å². The maximum absolute atomic E-state index is 13.6. The highest BCUT2D eigenvalue weighted by molar-refractivity contribution is 6.10. The molecule has 190 valence electrons. The van der Waals surface area contributed by atoms with Gasteiger partial charge in [0.2, 0.25) is 0 Å². The number of hydrogen-bond donors (Lipinski definition) is 2. The summed E-state index contributed by atoms with van der Waals surface area (Å²) in [4.78, 5) is 31.0. The predicted molar refractivity (Wildman–Crippen MR) is 153 cm³/mol. The lowest BCUT2D eigenvalue weighted by molar-refractivity contribution is 0.0983. The van der Waals surface area contributed by atoms with Gasteiger partial charge in [-0.1, -0.05) is 60.2 Å². The predicted octanol–water partition coefficient (Wildman–Crippen LogP) is 5.48. The van der Waals surface area contributed by atoms with Crippen molar-refractivity contribution >= 4 is 28.9 Å². The first-order valence-electron chi connectivity index (χ1n) is 13.0. The molecule has 2 amide bonds. The highest BCUT2D eigenvalue weighted by atomic mass is 16.2. The highest BCUT2D eigenvalue weighted by Crippen LogP contribution is 2.39. The molecule has 3 N–H and O–H groups in total. The molecule has 0 radical (unpaired) electrons. The van der Waals surface area contributed by atoms with Gasteiger partial charge in [-0.05, 0) is 66.9 Å². The van der Waals surface area contributed by atoms with Crippen molar-refractivity contribution in [1.82, 2.24) is 0 Å². The molecular formula is C32H30N4O2. The standard InChI is InChI=1S/C32H30N4O2/c1-21-10-12-22(13-11-21)27-6-2-3-7-28(27)31(37)34-25-16-14-23(15-17-25)32(38)36-20-26-18-24(33)19-35(26)29-8-4-5-9-30(29)36/h2-17,24,26H,18-20,33H2,1H3,(H,34,37)/t24?,26-/m1/s1. The number of carbonyl (C=O) groups is 2. The fourth-order valence-electron chi connectivity index (χ4n) is 5.57. The summed E-state index contributed by atoms with van der Waals surface area (Å²) < 4.78 is 0. The number of hydrogen-bond acceptors (Lipinski definition) is 4. The minimum Gasteiger partial charge on any atom is -0.363 e. The number of nitrogens with two attached hydrogens (primary N) is 1. The first kappa shape index (κ1) is 23.9. The molecule has 0 spiro atoms. The molecule has 2 heterocycles. The lowest BCUT2D eigenvalue weighted by Crippen LogP contribution is -2.48. The van der Waals surface area contributed by atoms with Crippen LogP contribution < -0.4 is 20.9 Å². The number of amides is 2. The molecule has 0 aromatic heterocycles. The summed E-state index contributed by atoms with van der Waals surface area (Å²) in [5.74, 6) is -0.247. The van der Waals surface area contributed by atoms with Gasteiger partial charge >= 0.3 is 0 Å². The van der Waals surface area contributed by atoms with Crippen LogP contribution >= 0.6 is 0 Å². The number of benzene rings is 4.